The quantitative estimate of drug-likeness (QED) is 0.217. The highest BCUT2D eigenvalue weighted by Gasteiger charge is 2.09. The maximum atomic E-state index is 10.8. The summed E-state index contributed by atoms with van der Waals surface area (Å²) >= 11 is 1.69. The molecule has 0 aliphatic heterocycles. The van der Waals surface area contributed by atoms with E-state index < -0.39 is 5.97 Å². The van der Waals surface area contributed by atoms with Crippen molar-refractivity contribution in [2.75, 3.05) is 5.75 Å². The monoisotopic (exact) mass is 415 g/mol. The molecule has 0 heterocycles. The highest BCUT2D eigenvalue weighted by atomic mass is 32.2. The minimum Gasteiger partial charge on any atom is -0.481 e. The summed E-state index contributed by atoms with van der Waals surface area (Å²) in [6.07, 6.45) is 18.6. The zero-order valence-electron chi connectivity index (χ0n) is 17.9. The van der Waals surface area contributed by atoms with Crippen LogP contribution in [0.3, 0.4) is 0 Å². The summed E-state index contributed by atoms with van der Waals surface area (Å²) in [5, 5.41) is 18.2. The Kier molecular flexibility index (Phi) is 15.0. The molecule has 0 saturated heterocycles. The summed E-state index contributed by atoms with van der Waals surface area (Å²) < 4.78 is 0. The van der Waals surface area contributed by atoms with E-state index in [1.165, 1.54) is 57.8 Å². The molecular formula is C25H37NO2S. The topological polar surface area (TPSA) is 61.1 Å². The van der Waals surface area contributed by atoms with Crippen LogP contribution < -0.4 is 0 Å². The lowest BCUT2D eigenvalue weighted by Crippen LogP contribution is -2.07. The average molecular weight is 416 g/mol. The van der Waals surface area contributed by atoms with E-state index in [-0.39, 0.29) is 11.7 Å². The molecule has 1 aromatic rings. The number of allylic oxidation sites excluding steroid dienone is 1. The number of hydrogen-bond acceptors (Lipinski definition) is 3. The Hall–Kier alpha value is -1.73. The van der Waals surface area contributed by atoms with Crippen LogP contribution in [0, 0.1) is 11.3 Å². The second-order valence-corrected chi connectivity index (χ2v) is 8.96. The second-order valence-electron chi connectivity index (χ2n) is 7.61. The zero-order valence-corrected chi connectivity index (χ0v) is 18.8. The van der Waals surface area contributed by atoms with Gasteiger partial charge in [-0.1, -0.05) is 82.6 Å². The van der Waals surface area contributed by atoms with Gasteiger partial charge < -0.3 is 5.11 Å². The van der Waals surface area contributed by atoms with Gasteiger partial charge in [-0.05, 0) is 37.0 Å². The maximum Gasteiger partial charge on any atom is 0.304 e. The molecule has 1 N–H and O–H groups in total. The van der Waals surface area contributed by atoms with E-state index in [0.29, 0.717) is 11.3 Å². The molecule has 0 bridgehead atoms. The number of hydrogen-bond donors (Lipinski definition) is 1. The molecular weight excluding hydrogens is 378 g/mol. The Balaban J connectivity index is 2.34. The molecule has 0 radical (unpaired) electrons. The first-order valence-corrected chi connectivity index (χ1v) is 12.2. The van der Waals surface area contributed by atoms with Crippen LogP contribution in [0.5, 0.6) is 0 Å². The maximum absolute atomic E-state index is 10.8. The van der Waals surface area contributed by atoms with Gasteiger partial charge in [0.1, 0.15) is 0 Å². The molecule has 0 spiro atoms. The van der Waals surface area contributed by atoms with Crippen molar-refractivity contribution < 1.29 is 9.90 Å². The van der Waals surface area contributed by atoms with Crippen LogP contribution in [-0.2, 0) is 11.2 Å². The van der Waals surface area contributed by atoms with E-state index in [2.05, 4.69) is 25.1 Å². The minimum absolute atomic E-state index is 0.186. The Morgan fingerprint density at radius 1 is 1.14 bits per heavy atom. The number of aliphatic carboxylic acids is 1. The summed E-state index contributed by atoms with van der Waals surface area (Å²) in [7, 11) is 0. The second kappa shape index (κ2) is 17.2. The highest BCUT2D eigenvalue weighted by molar-refractivity contribution is 8.00. The average Bonchev–Trinajstić information content (AvgIpc) is 2.71. The van der Waals surface area contributed by atoms with Crippen LogP contribution in [-0.4, -0.2) is 22.1 Å². The third kappa shape index (κ3) is 14.0. The molecule has 29 heavy (non-hydrogen) atoms. The van der Waals surface area contributed by atoms with Gasteiger partial charge in [0.15, 0.2) is 0 Å². The van der Waals surface area contributed by atoms with Crippen molar-refractivity contribution in [2.24, 2.45) is 0 Å². The molecule has 3 nitrogen and oxygen atoms in total. The summed E-state index contributed by atoms with van der Waals surface area (Å²) in [6.45, 7) is 2.26. The van der Waals surface area contributed by atoms with Gasteiger partial charge in [0.25, 0.3) is 0 Å². The Bertz CT molecular complexity index is 636. The van der Waals surface area contributed by atoms with Gasteiger partial charge in [-0.15, -0.1) is 0 Å². The predicted octanol–water partition coefficient (Wildman–Crippen LogP) is 7.15. The predicted molar refractivity (Wildman–Crippen MR) is 124 cm³/mol. The number of carboxylic acids is 1. The van der Waals surface area contributed by atoms with Crippen molar-refractivity contribution in [1.29, 1.82) is 5.26 Å². The van der Waals surface area contributed by atoms with Gasteiger partial charge in [0.2, 0.25) is 0 Å². The van der Waals surface area contributed by atoms with Crippen LogP contribution in [0.15, 0.2) is 36.4 Å². The lowest BCUT2D eigenvalue weighted by molar-refractivity contribution is -0.136. The van der Waals surface area contributed by atoms with E-state index in [9.17, 15) is 4.79 Å². The molecule has 1 aromatic carbocycles. The van der Waals surface area contributed by atoms with Crippen molar-refractivity contribution >= 4 is 17.7 Å². The van der Waals surface area contributed by atoms with Crippen molar-refractivity contribution in [3.8, 4) is 6.07 Å². The molecule has 1 unspecified atom stereocenters. The van der Waals surface area contributed by atoms with E-state index >= 15 is 0 Å². The standard InChI is InChI=1S/C25H37NO2S/c1-2-3-4-5-6-7-8-9-10-11-12-16-24(29-18-17-25(27)28)20-22-14-13-15-23(19-22)21-26/h12-16,19,24H,2-11,17-18,20H2,1H3,(H,27,28)/b16-12-. The third-order valence-electron chi connectivity index (χ3n) is 4.97. The number of carbonyl (C=O) groups is 1. The first kappa shape index (κ1) is 25.3. The molecule has 0 aliphatic rings. The largest absolute Gasteiger partial charge is 0.481 e. The highest BCUT2D eigenvalue weighted by Crippen LogP contribution is 2.20. The van der Waals surface area contributed by atoms with Gasteiger partial charge in [0, 0.05) is 11.0 Å². The summed E-state index contributed by atoms with van der Waals surface area (Å²) in [4.78, 5) is 10.8. The first-order chi connectivity index (χ1) is 14.2. The number of thioether (sulfide) groups is 1. The van der Waals surface area contributed by atoms with Crippen LogP contribution >= 0.6 is 11.8 Å². The fraction of sp³-hybridized carbons (Fsp3) is 0.600. The lowest BCUT2D eigenvalue weighted by atomic mass is 10.1. The van der Waals surface area contributed by atoms with E-state index in [1.54, 1.807) is 11.8 Å². The van der Waals surface area contributed by atoms with Gasteiger partial charge in [0.05, 0.1) is 18.1 Å². The van der Waals surface area contributed by atoms with Crippen molar-refractivity contribution in [1.82, 2.24) is 0 Å². The summed E-state index contributed by atoms with van der Waals surface area (Å²) in [5.41, 5.74) is 1.81. The first-order valence-electron chi connectivity index (χ1n) is 11.1. The normalized spacial score (nSPS) is 12.1. The fourth-order valence-electron chi connectivity index (χ4n) is 3.30. The SMILES string of the molecule is CCCCCCCCCCC/C=C\C(Cc1cccc(C#N)c1)SCCC(=O)O. The molecule has 1 rings (SSSR count). The molecule has 0 saturated carbocycles. The fourth-order valence-corrected chi connectivity index (χ4v) is 4.43. The lowest BCUT2D eigenvalue weighted by Gasteiger charge is -2.12. The number of nitrogens with zero attached hydrogens (tertiary/aromatic N) is 1. The Morgan fingerprint density at radius 3 is 2.48 bits per heavy atom. The number of benzene rings is 1. The van der Waals surface area contributed by atoms with Crippen molar-refractivity contribution in [3.63, 3.8) is 0 Å². The van der Waals surface area contributed by atoms with Crippen molar-refractivity contribution in [3.05, 3.63) is 47.5 Å². The van der Waals surface area contributed by atoms with Crippen LogP contribution in [0.4, 0.5) is 0 Å². The Labute approximate surface area is 181 Å². The molecule has 0 fully saturated rings. The van der Waals surface area contributed by atoms with E-state index in [0.717, 1.165) is 18.4 Å². The van der Waals surface area contributed by atoms with Crippen LogP contribution in [0.2, 0.25) is 0 Å². The van der Waals surface area contributed by atoms with Gasteiger partial charge in [-0.3, -0.25) is 4.79 Å². The Morgan fingerprint density at radius 2 is 1.83 bits per heavy atom. The van der Waals surface area contributed by atoms with Crippen molar-refractivity contribution in [2.45, 2.75) is 89.2 Å². The van der Waals surface area contributed by atoms with E-state index in [1.807, 2.05) is 24.3 Å². The number of rotatable bonds is 17. The van der Waals surface area contributed by atoms with Gasteiger partial charge >= 0.3 is 5.97 Å². The smallest absolute Gasteiger partial charge is 0.304 e. The molecule has 1 atom stereocenters. The summed E-state index contributed by atoms with van der Waals surface area (Å²) in [5.74, 6) is -0.137. The third-order valence-corrected chi connectivity index (χ3v) is 6.16. The van der Waals surface area contributed by atoms with Crippen LogP contribution in [0.25, 0.3) is 0 Å². The van der Waals surface area contributed by atoms with E-state index in [4.69, 9.17) is 10.4 Å². The number of nitriles is 1. The molecule has 0 aromatic heterocycles. The molecule has 160 valence electrons. The number of unbranched alkanes of at least 4 members (excludes halogenated alkanes) is 9. The minimum atomic E-state index is -0.749. The van der Waals surface area contributed by atoms with Gasteiger partial charge in [-0.2, -0.15) is 17.0 Å². The molecule has 0 aliphatic carbocycles. The zero-order chi connectivity index (χ0) is 21.2. The van der Waals surface area contributed by atoms with Gasteiger partial charge in [-0.25, -0.2) is 0 Å². The summed E-state index contributed by atoms with van der Waals surface area (Å²) in [6, 6.07) is 9.89. The molecule has 0 amide bonds. The number of carboxylic acid groups (broad SMARTS) is 1. The van der Waals surface area contributed by atoms with Crippen LogP contribution in [0.1, 0.15) is 88.7 Å². The molecule has 4 heteroatoms.